The summed E-state index contributed by atoms with van der Waals surface area (Å²) < 4.78 is 0. The van der Waals surface area contributed by atoms with Crippen LogP contribution >= 0.6 is 0 Å². The third kappa shape index (κ3) is 1.20. The van der Waals surface area contributed by atoms with Gasteiger partial charge in [0, 0.05) is 0 Å². The molecule has 0 aromatic heterocycles. The highest BCUT2D eigenvalue weighted by Crippen LogP contribution is 2.26. The first kappa shape index (κ1) is 7.91. The minimum Gasteiger partial charge on any atom is -0.397 e. The smallest absolute Gasteiger partial charge is 0.254 e. The predicted molar refractivity (Wildman–Crippen MR) is 51.5 cm³/mol. The van der Waals surface area contributed by atoms with Gasteiger partial charge < -0.3 is 16.4 Å². The zero-order valence-corrected chi connectivity index (χ0v) is 7.35. The molecule has 0 radical (unpaired) electrons. The topological polar surface area (TPSA) is 67.2 Å². The highest BCUT2D eigenvalue weighted by Gasteiger charge is 2.18. The van der Waals surface area contributed by atoms with Crippen molar-refractivity contribution in [3.8, 4) is 0 Å². The zero-order valence-electron chi connectivity index (χ0n) is 7.35. The largest absolute Gasteiger partial charge is 0.397 e. The van der Waals surface area contributed by atoms with Gasteiger partial charge in [0.2, 0.25) is 0 Å². The lowest BCUT2D eigenvalue weighted by atomic mass is 10.1. The fourth-order valence-electron chi connectivity index (χ4n) is 1.50. The van der Waals surface area contributed by atoms with Gasteiger partial charge in [-0.2, -0.15) is 0 Å². The number of fused-ring (bicyclic) bond motifs is 1. The van der Waals surface area contributed by atoms with Gasteiger partial charge in [-0.05, 0) is 24.6 Å². The Morgan fingerprint density at radius 1 is 1.38 bits per heavy atom. The summed E-state index contributed by atoms with van der Waals surface area (Å²) in [6.07, 6.45) is 0. The molecule has 1 aliphatic rings. The van der Waals surface area contributed by atoms with Gasteiger partial charge in [0.25, 0.3) is 5.91 Å². The molecule has 4 nitrogen and oxygen atoms in total. The number of nitrogens with one attached hydrogen (secondary N) is 2. The summed E-state index contributed by atoms with van der Waals surface area (Å²) >= 11 is 0. The highest BCUT2D eigenvalue weighted by atomic mass is 16.1. The SMILES string of the molecule is Cc1cc(N)c2c(c1)C(=O)NCN2. The van der Waals surface area contributed by atoms with E-state index in [0.29, 0.717) is 17.9 Å². The van der Waals surface area contributed by atoms with E-state index in [1.165, 1.54) is 0 Å². The molecule has 1 heterocycles. The van der Waals surface area contributed by atoms with Crippen LogP contribution in [-0.4, -0.2) is 12.6 Å². The minimum absolute atomic E-state index is 0.0656. The summed E-state index contributed by atoms with van der Waals surface area (Å²) in [5, 5.41) is 5.72. The van der Waals surface area contributed by atoms with Crippen LogP contribution in [0.25, 0.3) is 0 Å². The van der Waals surface area contributed by atoms with Crippen molar-refractivity contribution in [3.05, 3.63) is 23.3 Å². The number of rotatable bonds is 0. The average molecular weight is 177 g/mol. The van der Waals surface area contributed by atoms with Crippen molar-refractivity contribution in [1.82, 2.24) is 5.32 Å². The van der Waals surface area contributed by atoms with Gasteiger partial charge in [-0.3, -0.25) is 4.79 Å². The Kier molecular flexibility index (Phi) is 1.62. The van der Waals surface area contributed by atoms with Gasteiger partial charge >= 0.3 is 0 Å². The number of carbonyl (C=O) groups is 1. The molecule has 13 heavy (non-hydrogen) atoms. The number of nitrogen functional groups attached to an aromatic ring is 1. The van der Waals surface area contributed by atoms with Crippen LogP contribution in [0.2, 0.25) is 0 Å². The molecule has 2 rings (SSSR count). The summed E-state index contributed by atoms with van der Waals surface area (Å²) in [6, 6.07) is 3.68. The Bertz CT molecular complexity index is 373. The van der Waals surface area contributed by atoms with Gasteiger partial charge in [-0.1, -0.05) is 0 Å². The van der Waals surface area contributed by atoms with E-state index in [9.17, 15) is 4.79 Å². The number of carbonyl (C=O) groups excluding carboxylic acids is 1. The molecule has 1 aliphatic heterocycles. The lowest BCUT2D eigenvalue weighted by Crippen LogP contribution is -2.35. The van der Waals surface area contributed by atoms with E-state index in [4.69, 9.17) is 5.73 Å². The maximum atomic E-state index is 11.4. The normalized spacial score (nSPS) is 14.4. The second-order valence-corrected chi connectivity index (χ2v) is 3.14. The molecule has 1 amide bonds. The summed E-state index contributed by atoms with van der Waals surface area (Å²) in [5.41, 5.74) is 8.76. The van der Waals surface area contributed by atoms with Gasteiger partial charge in [-0.25, -0.2) is 0 Å². The number of amides is 1. The van der Waals surface area contributed by atoms with Crippen LogP contribution in [0.1, 0.15) is 15.9 Å². The number of hydrogen-bond donors (Lipinski definition) is 3. The first-order valence-electron chi connectivity index (χ1n) is 4.10. The molecule has 0 saturated carbocycles. The van der Waals surface area contributed by atoms with E-state index in [1.54, 1.807) is 0 Å². The highest BCUT2D eigenvalue weighted by molar-refractivity contribution is 6.04. The molecular weight excluding hydrogens is 166 g/mol. The molecule has 68 valence electrons. The van der Waals surface area contributed by atoms with E-state index in [2.05, 4.69) is 10.6 Å². The lowest BCUT2D eigenvalue weighted by molar-refractivity contribution is 0.0953. The quantitative estimate of drug-likeness (QED) is 0.511. The van der Waals surface area contributed by atoms with E-state index < -0.39 is 0 Å². The number of anilines is 2. The summed E-state index contributed by atoms with van der Waals surface area (Å²) in [5.74, 6) is -0.0656. The van der Waals surface area contributed by atoms with Gasteiger partial charge in [-0.15, -0.1) is 0 Å². The van der Waals surface area contributed by atoms with Crippen LogP contribution in [-0.2, 0) is 0 Å². The van der Waals surface area contributed by atoms with E-state index in [0.717, 1.165) is 11.3 Å². The van der Waals surface area contributed by atoms with Crippen LogP contribution in [0, 0.1) is 6.92 Å². The molecule has 0 unspecified atom stereocenters. The second kappa shape index (κ2) is 2.65. The van der Waals surface area contributed by atoms with Crippen molar-refractivity contribution in [1.29, 1.82) is 0 Å². The maximum Gasteiger partial charge on any atom is 0.254 e. The van der Waals surface area contributed by atoms with E-state index >= 15 is 0 Å². The Balaban J connectivity index is 2.63. The van der Waals surface area contributed by atoms with E-state index in [1.807, 2.05) is 19.1 Å². The maximum absolute atomic E-state index is 11.4. The Labute approximate surface area is 76.1 Å². The predicted octanol–water partition coefficient (Wildman–Crippen LogP) is 0.690. The van der Waals surface area contributed by atoms with Crippen molar-refractivity contribution >= 4 is 17.3 Å². The molecule has 0 saturated heterocycles. The van der Waals surface area contributed by atoms with Crippen LogP contribution in [0.4, 0.5) is 11.4 Å². The average Bonchev–Trinajstić information content (AvgIpc) is 2.07. The van der Waals surface area contributed by atoms with Gasteiger partial charge in [0.1, 0.15) is 0 Å². The number of benzene rings is 1. The third-order valence-electron chi connectivity index (χ3n) is 2.07. The van der Waals surface area contributed by atoms with Gasteiger partial charge in [0.15, 0.2) is 0 Å². The molecule has 4 heteroatoms. The number of nitrogens with two attached hydrogens (primary N) is 1. The molecule has 0 aliphatic carbocycles. The molecule has 0 spiro atoms. The second-order valence-electron chi connectivity index (χ2n) is 3.14. The molecule has 0 atom stereocenters. The standard InChI is InChI=1S/C9H11N3O/c1-5-2-6-8(7(10)3-5)11-4-12-9(6)13/h2-3,11H,4,10H2,1H3,(H,12,13). The monoisotopic (exact) mass is 177 g/mol. The fourth-order valence-corrected chi connectivity index (χ4v) is 1.50. The lowest BCUT2D eigenvalue weighted by Gasteiger charge is -2.20. The molecule has 1 aromatic carbocycles. The van der Waals surface area contributed by atoms with Crippen molar-refractivity contribution in [3.63, 3.8) is 0 Å². The number of hydrogen-bond acceptors (Lipinski definition) is 3. The van der Waals surface area contributed by atoms with Crippen molar-refractivity contribution in [2.45, 2.75) is 6.92 Å². The van der Waals surface area contributed by atoms with Crippen molar-refractivity contribution in [2.24, 2.45) is 0 Å². The van der Waals surface area contributed by atoms with Gasteiger partial charge in [0.05, 0.1) is 23.6 Å². The fraction of sp³-hybridized carbons (Fsp3) is 0.222. The zero-order chi connectivity index (χ0) is 9.42. The van der Waals surface area contributed by atoms with Crippen LogP contribution in [0.3, 0.4) is 0 Å². The molecule has 0 fully saturated rings. The Hall–Kier alpha value is -1.71. The van der Waals surface area contributed by atoms with E-state index in [-0.39, 0.29) is 5.91 Å². The summed E-state index contributed by atoms with van der Waals surface area (Å²) in [7, 11) is 0. The molecule has 1 aromatic rings. The van der Waals surface area contributed by atoms with Crippen LogP contribution in [0.5, 0.6) is 0 Å². The van der Waals surface area contributed by atoms with Crippen molar-refractivity contribution < 1.29 is 4.79 Å². The molecule has 4 N–H and O–H groups in total. The number of aryl methyl sites for hydroxylation is 1. The Morgan fingerprint density at radius 3 is 2.92 bits per heavy atom. The van der Waals surface area contributed by atoms with Crippen molar-refractivity contribution in [2.75, 3.05) is 17.7 Å². The molecular formula is C9H11N3O. The summed E-state index contributed by atoms with van der Waals surface area (Å²) in [6.45, 7) is 2.36. The first-order chi connectivity index (χ1) is 6.18. The summed E-state index contributed by atoms with van der Waals surface area (Å²) in [4.78, 5) is 11.4. The van der Waals surface area contributed by atoms with Crippen LogP contribution in [0.15, 0.2) is 12.1 Å². The first-order valence-corrected chi connectivity index (χ1v) is 4.10. The third-order valence-corrected chi connectivity index (χ3v) is 2.07. The Morgan fingerprint density at radius 2 is 2.15 bits per heavy atom. The molecule has 0 bridgehead atoms. The minimum atomic E-state index is -0.0656. The van der Waals surface area contributed by atoms with Crippen LogP contribution < -0.4 is 16.4 Å².